The van der Waals surface area contributed by atoms with Gasteiger partial charge >= 0.3 is 0 Å². The van der Waals surface area contributed by atoms with E-state index in [9.17, 15) is 4.79 Å². The van der Waals surface area contributed by atoms with Gasteiger partial charge in [0.05, 0.1) is 5.92 Å². The maximum atomic E-state index is 12.1. The van der Waals surface area contributed by atoms with E-state index >= 15 is 0 Å². The minimum atomic E-state index is 0.0134. The first-order valence-electron chi connectivity index (χ1n) is 7.23. The standard InChI is InChI=1S/C14H28N2O/c1-3-7-12(10-15)14(17)16-13-9-6-5-8-11(13)4-2/h11-13H,3-10,15H2,1-2H3,(H,16,17). The maximum Gasteiger partial charge on any atom is 0.224 e. The monoisotopic (exact) mass is 240 g/mol. The fraction of sp³-hybridized carbons (Fsp3) is 0.929. The van der Waals surface area contributed by atoms with Crippen molar-refractivity contribution in [2.24, 2.45) is 17.6 Å². The summed E-state index contributed by atoms with van der Waals surface area (Å²) in [6, 6.07) is 0.396. The maximum absolute atomic E-state index is 12.1. The van der Waals surface area contributed by atoms with Crippen molar-refractivity contribution in [3.8, 4) is 0 Å². The highest BCUT2D eigenvalue weighted by Crippen LogP contribution is 2.27. The smallest absolute Gasteiger partial charge is 0.224 e. The zero-order valence-corrected chi connectivity index (χ0v) is 11.4. The fourth-order valence-corrected chi connectivity index (χ4v) is 2.89. The van der Waals surface area contributed by atoms with Crippen molar-refractivity contribution in [1.29, 1.82) is 0 Å². The highest BCUT2D eigenvalue weighted by molar-refractivity contribution is 5.79. The van der Waals surface area contributed by atoms with Gasteiger partial charge in [0.15, 0.2) is 0 Å². The van der Waals surface area contributed by atoms with Gasteiger partial charge in [-0.25, -0.2) is 0 Å². The van der Waals surface area contributed by atoms with Crippen LogP contribution in [0.25, 0.3) is 0 Å². The molecule has 3 N–H and O–H groups in total. The van der Waals surface area contributed by atoms with Crippen LogP contribution in [0.2, 0.25) is 0 Å². The zero-order chi connectivity index (χ0) is 12.7. The Morgan fingerprint density at radius 3 is 2.65 bits per heavy atom. The molecule has 3 nitrogen and oxygen atoms in total. The van der Waals surface area contributed by atoms with Gasteiger partial charge in [0.2, 0.25) is 5.91 Å². The van der Waals surface area contributed by atoms with Crippen LogP contribution >= 0.6 is 0 Å². The second-order valence-corrected chi connectivity index (χ2v) is 5.29. The van der Waals surface area contributed by atoms with Crippen LogP contribution in [0, 0.1) is 11.8 Å². The number of nitrogens with two attached hydrogens (primary N) is 1. The van der Waals surface area contributed by atoms with Gasteiger partial charge in [0.25, 0.3) is 0 Å². The molecule has 1 fully saturated rings. The highest BCUT2D eigenvalue weighted by Gasteiger charge is 2.27. The van der Waals surface area contributed by atoms with E-state index in [-0.39, 0.29) is 11.8 Å². The molecule has 1 saturated carbocycles. The van der Waals surface area contributed by atoms with E-state index in [1.54, 1.807) is 0 Å². The van der Waals surface area contributed by atoms with Crippen molar-refractivity contribution in [2.75, 3.05) is 6.54 Å². The lowest BCUT2D eigenvalue weighted by Gasteiger charge is -2.32. The molecule has 0 aromatic carbocycles. The SMILES string of the molecule is CCCC(CN)C(=O)NC1CCCCC1CC. The lowest BCUT2D eigenvalue weighted by Crippen LogP contribution is -2.45. The van der Waals surface area contributed by atoms with Crippen LogP contribution in [0.4, 0.5) is 0 Å². The van der Waals surface area contributed by atoms with Crippen LogP contribution in [-0.2, 0) is 4.79 Å². The number of carbonyl (C=O) groups excluding carboxylic acids is 1. The number of hydrogen-bond acceptors (Lipinski definition) is 2. The van der Waals surface area contributed by atoms with E-state index in [4.69, 9.17) is 5.73 Å². The summed E-state index contributed by atoms with van der Waals surface area (Å²) in [6.45, 7) is 4.80. The molecule has 0 heterocycles. The third-order valence-electron chi connectivity index (χ3n) is 4.05. The molecule has 0 spiro atoms. The van der Waals surface area contributed by atoms with Crippen LogP contribution in [0.3, 0.4) is 0 Å². The van der Waals surface area contributed by atoms with Crippen molar-refractivity contribution < 1.29 is 4.79 Å². The summed E-state index contributed by atoms with van der Waals surface area (Å²) in [7, 11) is 0. The predicted molar refractivity (Wildman–Crippen MR) is 71.6 cm³/mol. The third kappa shape index (κ3) is 4.30. The van der Waals surface area contributed by atoms with Crippen molar-refractivity contribution in [1.82, 2.24) is 5.32 Å². The van der Waals surface area contributed by atoms with Gasteiger partial charge in [-0.1, -0.05) is 39.5 Å². The van der Waals surface area contributed by atoms with Crippen LogP contribution in [-0.4, -0.2) is 18.5 Å². The molecule has 0 radical (unpaired) electrons. The molecule has 17 heavy (non-hydrogen) atoms. The van der Waals surface area contributed by atoms with Gasteiger partial charge in [0, 0.05) is 12.6 Å². The predicted octanol–water partition coefficient (Wildman–Crippen LogP) is 2.45. The number of carbonyl (C=O) groups is 1. The second-order valence-electron chi connectivity index (χ2n) is 5.29. The lowest BCUT2D eigenvalue weighted by atomic mass is 9.82. The Morgan fingerprint density at radius 1 is 1.35 bits per heavy atom. The third-order valence-corrected chi connectivity index (χ3v) is 4.05. The fourth-order valence-electron chi connectivity index (χ4n) is 2.89. The first-order valence-corrected chi connectivity index (χ1v) is 7.23. The van der Waals surface area contributed by atoms with Crippen LogP contribution in [0.1, 0.15) is 58.8 Å². The normalized spacial score (nSPS) is 26.5. The quantitative estimate of drug-likeness (QED) is 0.749. The Morgan fingerprint density at radius 2 is 2.06 bits per heavy atom. The highest BCUT2D eigenvalue weighted by atomic mass is 16.1. The number of hydrogen-bond donors (Lipinski definition) is 2. The molecule has 1 rings (SSSR count). The minimum absolute atomic E-state index is 0.0134. The molecular weight excluding hydrogens is 212 g/mol. The molecule has 1 aliphatic carbocycles. The van der Waals surface area contributed by atoms with E-state index in [0.717, 1.165) is 19.3 Å². The van der Waals surface area contributed by atoms with Gasteiger partial charge in [-0.05, 0) is 25.2 Å². The summed E-state index contributed by atoms with van der Waals surface area (Å²) in [4.78, 5) is 12.1. The molecule has 3 unspecified atom stereocenters. The van der Waals surface area contributed by atoms with Crippen LogP contribution in [0.5, 0.6) is 0 Å². The molecule has 0 aromatic heterocycles. The summed E-state index contributed by atoms with van der Waals surface area (Å²) in [6.07, 6.45) is 8.09. The van der Waals surface area contributed by atoms with Crippen LogP contribution in [0.15, 0.2) is 0 Å². The summed E-state index contributed by atoms with van der Waals surface area (Å²) in [5.74, 6) is 0.867. The molecular formula is C14H28N2O. The Hall–Kier alpha value is -0.570. The molecule has 3 atom stereocenters. The summed E-state index contributed by atoms with van der Waals surface area (Å²) in [5, 5.41) is 3.24. The van der Waals surface area contributed by atoms with E-state index in [2.05, 4.69) is 19.2 Å². The number of nitrogens with one attached hydrogen (secondary N) is 1. The molecule has 1 amide bonds. The molecule has 0 saturated heterocycles. The summed E-state index contributed by atoms with van der Waals surface area (Å²) < 4.78 is 0. The first kappa shape index (κ1) is 14.5. The molecule has 0 aromatic rings. The Balaban J connectivity index is 2.47. The number of amides is 1. The van der Waals surface area contributed by atoms with Gasteiger partial charge < -0.3 is 11.1 Å². The molecule has 100 valence electrons. The second kappa shape index (κ2) is 7.70. The van der Waals surface area contributed by atoms with Crippen molar-refractivity contribution in [2.45, 2.75) is 64.8 Å². The lowest BCUT2D eigenvalue weighted by molar-refractivity contribution is -0.126. The van der Waals surface area contributed by atoms with E-state index < -0.39 is 0 Å². The van der Waals surface area contributed by atoms with Gasteiger partial charge in [-0.15, -0.1) is 0 Å². The van der Waals surface area contributed by atoms with Crippen molar-refractivity contribution >= 4 is 5.91 Å². The van der Waals surface area contributed by atoms with Gasteiger partial charge in [-0.3, -0.25) is 4.79 Å². The summed E-state index contributed by atoms with van der Waals surface area (Å²) >= 11 is 0. The van der Waals surface area contributed by atoms with E-state index in [0.29, 0.717) is 18.5 Å². The Bertz CT molecular complexity index is 230. The Labute approximate surface area is 106 Å². The van der Waals surface area contributed by atoms with Gasteiger partial charge in [0.1, 0.15) is 0 Å². The Kier molecular flexibility index (Phi) is 6.56. The molecule has 3 heteroatoms. The van der Waals surface area contributed by atoms with Crippen molar-refractivity contribution in [3.63, 3.8) is 0 Å². The van der Waals surface area contributed by atoms with E-state index in [1.165, 1.54) is 25.7 Å². The summed E-state index contributed by atoms with van der Waals surface area (Å²) in [5.41, 5.74) is 5.67. The average Bonchev–Trinajstić information content (AvgIpc) is 2.36. The molecule has 1 aliphatic rings. The molecule has 0 bridgehead atoms. The molecule has 0 aliphatic heterocycles. The van der Waals surface area contributed by atoms with Crippen LogP contribution < -0.4 is 11.1 Å². The van der Waals surface area contributed by atoms with Crippen molar-refractivity contribution in [3.05, 3.63) is 0 Å². The number of rotatable bonds is 6. The minimum Gasteiger partial charge on any atom is -0.353 e. The average molecular weight is 240 g/mol. The topological polar surface area (TPSA) is 55.1 Å². The zero-order valence-electron chi connectivity index (χ0n) is 11.4. The largest absolute Gasteiger partial charge is 0.353 e. The first-order chi connectivity index (χ1) is 8.22. The van der Waals surface area contributed by atoms with E-state index in [1.807, 2.05) is 0 Å². The van der Waals surface area contributed by atoms with Gasteiger partial charge in [-0.2, -0.15) is 0 Å².